The molecular weight excluding hydrogens is 420 g/mol. The Hall–Kier alpha value is -4.59. The zero-order valence-corrected chi connectivity index (χ0v) is 18.1. The van der Waals surface area contributed by atoms with Crippen LogP contribution in [-0.2, 0) is 0 Å². The third-order valence-electron chi connectivity index (χ3n) is 4.72. The number of para-hydroxylation sites is 1. The highest BCUT2D eigenvalue weighted by Crippen LogP contribution is 2.31. The molecule has 1 amide bonds. The molecule has 3 aromatic carbocycles. The second-order valence-corrected chi connectivity index (χ2v) is 6.92. The van der Waals surface area contributed by atoms with Gasteiger partial charge in [-0.2, -0.15) is 10.2 Å². The molecule has 0 atom stereocenters. The van der Waals surface area contributed by atoms with E-state index in [1.165, 1.54) is 0 Å². The molecule has 0 aliphatic heterocycles. The summed E-state index contributed by atoms with van der Waals surface area (Å²) in [5.74, 6) is 2.19. The van der Waals surface area contributed by atoms with Crippen LogP contribution in [0.25, 0.3) is 11.3 Å². The maximum absolute atomic E-state index is 12.4. The van der Waals surface area contributed by atoms with Crippen molar-refractivity contribution >= 4 is 12.1 Å². The molecule has 2 N–H and O–H groups in total. The lowest BCUT2D eigenvalue weighted by Gasteiger charge is -2.08. The number of carbonyl (C=O) groups excluding carboxylic acids is 1. The van der Waals surface area contributed by atoms with E-state index in [1.54, 1.807) is 38.6 Å². The molecule has 4 rings (SSSR count). The van der Waals surface area contributed by atoms with E-state index in [-0.39, 0.29) is 5.69 Å². The fourth-order valence-corrected chi connectivity index (χ4v) is 3.09. The number of hydrogen-bond acceptors (Lipinski definition) is 6. The number of aromatic nitrogens is 2. The van der Waals surface area contributed by atoms with Gasteiger partial charge in [0.05, 0.1) is 26.1 Å². The van der Waals surface area contributed by atoms with Crippen molar-refractivity contribution in [3.05, 3.63) is 90.1 Å². The molecule has 0 aliphatic rings. The Labute approximate surface area is 190 Å². The van der Waals surface area contributed by atoms with Crippen LogP contribution >= 0.6 is 0 Å². The maximum atomic E-state index is 12.4. The molecule has 0 spiro atoms. The number of benzene rings is 3. The highest BCUT2D eigenvalue weighted by Gasteiger charge is 2.12. The van der Waals surface area contributed by atoms with E-state index in [0.717, 1.165) is 16.9 Å². The number of hydrogen-bond donors (Lipinski definition) is 2. The van der Waals surface area contributed by atoms with E-state index in [4.69, 9.17) is 14.2 Å². The summed E-state index contributed by atoms with van der Waals surface area (Å²) in [7, 11) is 3.13. The first-order valence-electron chi connectivity index (χ1n) is 10.1. The standard InChI is InChI=1S/C25H22N4O4/c1-31-23-12-11-18(14-24(23)32-2)21-15-22(28-27-21)25(30)29-26-16-17-7-6-10-20(13-17)33-19-8-4-3-5-9-19/h3-16H,1-2H3,(H,27,28)(H,29,30). The van der Waals surface area contributed by atoms with Crippen LogP contribution in [0.4, 0.5) is 0 Å². The van der Waals surface area contributed by atoms with E-state index in [2.05, 4.69) is 20.7 Å². The molecule has 0 unspecified atom stereocenters. The number of methoxy groups -OCH3 is 2. The van der Waals surface area contributed by atoms with Gasteiger partial charge in [0.15, 0.2) is 11.5 Å². The number of H-pyrrole nitrogens is 1. The Morgan fingerprint density at radius 3 is 2.48 bits per heavy atom. The Kier molecular flexibility index (Phi) is 6.65. The average Bonchev–Trinajstić information content (AvgIpc) is 3.35. The highest BCUT2D eigenvalue weighted by molar-refractivity contribution is 5.94. The molecular formula is C25H22N4O4. The third-order valence-corrected chi connectivity index (χ3v) is 4.72. The lowest BCUT2D eigenvalue weighted by molar-refractivity contribution is 0.0950. The van der Waals surface area contributed by atoms with E-state index < -0.39 is 5.91 Å². The zero-order valence-electron chi connectivity index (χ0n) is 18.1. The Morgan fingerprint density at radius 2 is 1.70 bits per heavy atom. The minimum Gasteiger partial charge on any atom is -0.493 e. The summed E-state index contributed by atoms with van der Waals surface area (Å²) in [6.07, 6.45) is 1.54. The van der Waals surface area contributed by atoms with Crippen LogP contribution in [0.5, 0.6) is 23.0 Å². The first-order chi connectivity index (χ1) is 16.2. The average molecular weight is 442 g/mol. The molecule has 0 bridgehead atoms. The largest absolute Gasteiger partial charge is 0.493 e. The fourth-order valence-electron chi connectivity index (χ4n) is 3.09. The van der Waals surface area contributed by atoms with Crippen LogP contribution in [0.15, 0.2) is 84.0 Å². The molecule has 1 aromatic heterocycles. The predicted octanol–water partition coefficient (Wildman–Crippen LogP) is 4.65. The number of hydrazone groups is 1. The van der Waals surface area contributed by atoms with Gasteiger partial charge in [0.2, 0.25) is 0 Å². The van der Waals surface area contributed by atoms with Crippen molar-refractivity contribution < 1.29 is 19.0 Å². The predicted molar refractivity (Wildman–Crippen MR) is 125 cm³/mol. The summed E-state index contributed by atoms with van der Waals surface area (Å²) in [5.41, 5.74) is 4.92. The first kappa shape index (κ1) is 21.6. The summed E-state index contributed by atoms with van der Waals surface area (Å²) in [6, 6.07) is 23.9. The number of nitrogens with zero attached hydrogens (tertiary/aromatic N) is 2. The maximum Gasteiger partial charge on any atom is 0.289 e. The van der Waals surface area contributed by atoms with Crippen LogP contribution in [-0.4, -0.2) is 36.5 Å². The quantitative estimate of drug-likeness (QED) is 0.306. The van der Waals surface area contributed by atoms with Crippen molar-refractivity contribution in [1.82, 2.24) is 15.6 Å². The van der Waals surface area contributed by atoms with Gasteiger partial charge in [-0.05, 0) is 54.1 Å². The van der Waals surface area contributed by atoms with E-state index >= 15 is 0 Å². The number of nitrogens with one attached hydrogen (secondary N) is 2. The Morgan fingerprint density at radius 1 is 0.909 bits per heavy atom. The van der Waals surface area contributed by atoms with Crippen LogP contribution in [0, 0.1) is 0 Å². The van der Waals surface area contributed by atoms with Gasteiger partial charge < -0.3 is 14.2 Å². The highest BCUT2D eigenvalue weighted by atomic mass is 16.5. The van der Waals surface area contributed by atoms with E-state index in [0.29, 0.717) is 22.9 Å². The molecule has 8 nitrogen and oxygen atoms in total. The van der Waals surface area contributed by atoms with Crippen LogP contribution in [0.1, 0.15) is 16.1 Å². The van der Waals surface area contributed by atoms with Crippen LogP contribution in [0.2, 0.25) is 0 Å². The first-order valence-corrected chi connectivity index (χ1v) is 10.1. The summed E-state index contributed by atoms with van der Waals surface area (Å²) >= 11 is 0. The van der Waals surface area contributed by atoms with E-state index in [1.807, 2.05) is 60.7 Å². The van der Waals surface area contributed by atoms with Gasteiger partial charge in [-0.3, -0.25) is 9.89 Å². The van der Waals surface area contributed by atoms with Gasteiger partial charge in [0.25, 0.3) is 5.91 Å². The number of rotatable bonds is 8. The van der Waals surface area contributed by atoms with Gasteiger partial charge in [0.1, 0.15) is 17.2 Å². The smallest absolute Gasteiger partial charge is 0.289 e. The Balaban J connectivity index is 1.40. The summed E-state index contributed by atoms with van der Waals surface area (Å²) in [4.78, 5) is 12.4. The molecule has 0 aliphatic carbocycles. The lowest BCUT2D eigenvalue weighted by atomic mass is 10.1. The van der Waals surface area contributed by atoms with Gasteiger partial charge >= 0.3 is 0 Å². The minimum atomic E-state index is -0.415. The van der Waals surface area contributed by atoms with Crippen molar-refractivity contribution in [2.24, 2.45) is 5.10 Å². The zero-order chi connectivity index (χ0) is 23.0. The van der Waals surface area contributed by atoms with Crippen molar-refractivity contribution in [2.45, 2.75) is 0 Å². The fraction of sp³-hybridized carbons (Fsp3) is 0.0800. The van der Waals surface area contributed by atoms with E-state index in [9.17, 15) is 4.79 Å². The Bertz CT molecular complexity index is 1270. The monoisotopic (exact) mass is 442 g/mol. The van der Waals surface area contributed by atoms with Gasteiger partial charge in [0, 0.05) is 5.56 Å². The van der Waals surface area contributed by atoms with Gasteiger partial charge in [-0.25, -0.2) is 5.43 Å². The van der Waals surface area contributed by atoms with Crippen molar-refractivity contribution in [2.75, 3.05) is 14.2 Å². The molecule has 0 fully saturated rings. The van der Waals surface area contributed by atoms with Crippen molar-refractivity contribution in [3.8, 4) is 34.3 Å². The van der Waals surface area contributed by atoms with Crippen LogP contribution in [0.3, 0.4) is 0 Å². The molecule has 33 heavy (non-hydrogen) atoms. The molecule has 8 heteroatoms. The molecule has 0 saturated heterocycles. The molecule has 1 heterocycles. The lowest BCUT2D eigenvalue weighted by Crippen LogP contribution is -2.18. The summed E-state index contributed by atoms with van der Waals surface area (Å²) in [6.45, 7) is 0. The molecule has 0 saturated carbocycles. The number of aromatic amines is 1. The molecule has 4 aromatic rings. The topological polar surface area (TPSA) is 97.8 Å². The number of carbonyl (C=O) groups is 1. The van der Waals surface area contributed by atoms with Crippen LogP contribution < -0.4 is 19.6 Å². The van der Waals surface area contributed by atoms with Gasteiger partial charge in [-0.1, -0.05) is 30.3 Å². The van der Waals surface area contributed by atoms with Gasteiger partial charge in [-0.15, -0.1) is 0 Å². The SMILES string of the molecule is COc1ccc(-c2cc(C(=O)NN=Cc3cccc(Oc4ccccc4)c3)[nH]n2)cc1OC. The molecule has 0 radical (unpaired) electrons. The molecule has 166 valence electrons. The summed E-state index contributed by atoms with van der Waals surface area (Å²) in [5, 5.41) is 11.0. The second kappa shape index (κ2) is 10.1. The third kappa shape index (κ3) is 5.37. The normalized spacial score (nSPS) is 10.7. The summed E-state index contributed by atoms with van der Waals surface area (Å²) < 4.78 is 16.4. The number of ether oxygens (including phenoxy) is 3. The minimum absolute atomic E-state index is 0.276. The number of amides is 1. The van der Waals surface area contributed by atoms with Crippen molar-refractivity contribution in [3.63, 3.8) is 0 Å². The second-order valence-electron chi connectivity index (χ2n) is 6.92. The van der Waals surface area contributed by atoms with Crippen molar-refractivity contribution in [1.29, 1.82) is 0 Å².